The molecule has 5 rings (SSSR count). The monoisotopic (exact) mass is 539 g/mol. The van der Waals surface area contributed by atoms with Crippen molar-refractivity contribution in [2.45, 2.75) is 39.3 Å². The van der Waals surface area contributed by atoms with Crippen LogP contribution in [0.4, 0.5) is 5.69 Å². The minimum atomic E-state index is -0.150. The molecule has 1 amide bonds. The van der Waals surface area contributed by atoms with Crippen molar-refractivity contribution in [2.75, 3.05) is 19.0 Å². The van der Waals surface area contributed by atoms with Gasteiger partial charge < -0.3 is 24.8 Å². The van der Waals surface area contributed by atoms with Gasteiger partial charge in [-0.2, -0.15) is 0 Å². The molecule has 2 N–H and O–H groups in total. The van der Waals surface area contributed by atoms with E-state index in [0.717, 1.165) is 28.3 Å². The van der Waals surface area contributed by atoms with E-state index in [1.54, 1.807) is 13.3 Å². The number of hydrogen-bond donors (Lipinski definition) is 2. The summed E-state index contributed by atoms with van der Waals surface area (Å²) in [5.41, 5.74) is 7.32. The van der Waals surface area contributed by atoms with Gasteiger partial charge in [0, 0.05) is 36.2 Å². The Balaban J connectivity index is 1.46. The number of ether oxygens (including phenoxy) is 1. The molecule has 4 aromatic rings. The van der Waals surface area contributed by atoms with Crippen LogP contribution in [0.1, 0.15) is 46.7 Å². The summed E-state index contributed by atoms with van der Waals surface area (Å²) in [6, 6.07) is 23.8. The molecule has 7 nitrogen and oxygen atoms in total. The number of nitrogens with one attached hydrogen (secondary N) is 2. The second-order valence-electron chi connectivity index (χ2n) is 9.82. The van der Waals surface area contributed by atoms with Gasteiger partial charge in [0.15, 0.2) is 5.11 Å². The molecule has 1 aliphatic rings. The Labute approximate surface area is 234 Å². The summed E-state index contributed by atoms with van der Waals surface area (Å²) >= 11 is 5.84. The third kappa shape index (κ3) is 5.38. The number of hydrogen-bond acceptors (Lipinski definition) is 4. The van der Waals surface area contributed by atoms with Crippen LogP contribution in [-0.2, 0) is 4.79 Å². The summed E-state index contributed by atoms with van der Waals surface area (Å²) in [5.74, 6) is 0.522. The second kappa shape index (κ2) is 11.3. The molecule has 39 heavy (non-hydrogen) atoms. The number of aromatic nitrogens is 2. The van der Waals surface area contributed by atoms with Gasteiger partial charge in [0.2, 0.25) is 5.91 Å². The largest absolute Gasteiger partial charge is 0.495 e. The summed E-state index contributed by atoms with van der Waals surface area (Å²) in [5, 5.41) is 7.09. The fourth-order valence-electron chi connectivity index (χ4n) is 5.35. The van der Waals surface area contributed by atoms with Crippen LogP contribution >= 0.6 is 12.2 Å². The predicted molar refractivity (Wildman–Crippen MR) is 158 cm³/mol. The standard InChI is InChI=1S/C31H33N5O2S/c1-20-12-14-23(15-13-20)36-21(2)19-24(22(36)3)30-29(26-10-7-8-17-32-26)34-31(39)35(30)18-16-28(37)33-25-9-5-6-11-27(25)38-4/h5-15,17,19,29-30H,16,18H2,1-4H3,(H,33,37)(H,34,39). The molecule has 2 aromatic heterocycles. The Hall–Kier alpha value is -4.17. The van der Waals surface area contributed by atoms with Crippen molar-refractivity contribution in [3.63, 3.8) is 0 Å². The smallest absolute Gasteiger partial charge is 0.226 e. The lowest BCUT2D eigenvalue weighted by atomic mass is 9.96. The van der Waals surface area contributed by atoms with Gasteiger partial charge in [0.05, 0.1) is 30.6 Å². The van der Waals surface area contributed by atoms with Crippen LogP contribution in [0.5, 0.6) is 5.75 Å². The summed E-state index contributed by atoms with van der Waals surface area (Å²) in [4.78, 5) is 19.8. The fourth-order valence-corrected chi connectivity index (χ4v) is 5.68. The van der Waals surface area contributed by atoms with E-state index in [1.165, 1.54) is 5.56 Å². The Morgan fingerprint density at radius 2 is 1.79 bits per heavy atom. The zero-order chi connectivity index (χ0) is 27.5. The molecule has 1 fully saturated rings. The van der Waals surface area contributed by atoms with E-state index < -0.39 is 0 Å². The first-order valence-corrected chi connectivity index (χ1v) is 13.4. The molecule has 3 heterocycles. The maximum Gasteiger partial charge on any atom is 0.226 e. The van der Waals surface area contributed by atoms with E-state index in [4.69, 9.17) is 17.0 Å². The number of rotatable bonds is 8. The number of amides is 1. The molecular formula is C31H33N5O2S. The molecule has 0 aliphatic carbocycles. The third-order valence-electron chi connectivity index (χ3n) is 7.24. The minimum Gasteiger partial charge on any atom is -0.495 e. The second-order valence-corrected chi connectivity index (χ2v) is 10.2. The van der Waals surface area contributed by atoms with E-state index in [0.29, 0.717) is 23.1 Å². The first kappa shape index (κ1) is 26.4. The van der Waals surface area contributed by atoms with Gasteiger partial charge in [-0.25, -0.2) is 0 Å². The highest BCUT2D eigenvalue weighted by Crippen LogP contribution is 2.41. The molecule has 1 aliphatic heterocycles. The lowest BCUT2D eigenvalue weighted by molar-refractivity contribution is -0.116. The van der Waals surface area contributed by atoms with Gasteiger partial charge in [-0.15, -0.1) is 0 Å². The Bertz CT molecular complexity index is 1480. The van der Waals surface area contributed by atoms with Crippen molar-refractivity contribution in [3.05, 3.63) is 107 Å². The van der Waals surface area contributed by atoms with Crippen molar-refractivity contribution in [1.29, 1.82) is 0 Å². The number of para-hydroxylation sites is 2. The quantitative estimate of drug-likeness (QED) is 0.276. The van der Waals surface area contributed by atoms with Gasteiger partial charge in [-0.05, 0) is 81.0 Å². The van der Waals surface area contributed by atoms with Crippen molar-refractivity contribution < 1.29 is 9.53 Å². The van der Waals surface area contributed by atoms with Crippen LogP contribution in [-0.4, -0.2) is 39.1 Å². The zero-order valence-corrected chi connectivity index (χ0v) is 23.5. The van der Waals surface area contributed by atoms with Gasteiger partial charge in [0.25, 0.3) is 0 Å². The van der Waals surface area contributed by atoms with Crippen LogP contribution in [0.15, 0.2) is 79.0 Å². The van der Waals surface area contributed by atoms with Gasteiger partial charge in [0.1, 0.15) is 5.75 Å². The Morgan fingerprint density at radius 3 is 2.51 bits per heavy atom. The number of carbonyl (C=O) groups is 1. The molecule has 2 unspecified atom stereocenters. The van der Waals surface area contributed by atoms with E-state index in [2.05, 4.69) is 76.2 Å². The Morgan fingerprint density at radius 1 is 1.05 bits per heavy atom. The number of methoxy groups -OCH3 is 1. The van der Waals surface area contributed by atoms with Crippen LogP contribution < -0.4 is 15.4 Å². The van der Waals surface area contributed by atoms with Gasteiger partial charge in [-0.1, -0.05) is 35.9 Å². The highest BCUT2D eigenvalue weighted by atomic mass is 32.1. The molecule has 0 saturated carbocycles. The molecule has 0 spiro atoms. The number of pyridine rings is 1. The summed E-state index contributed by atoms with van der Waals surface area (Å²) < 4.78 is 7.66. The SMILES string of the molecule is COc1ccccc1NC(=O)CCN1C(=S)NC(c2ccccn2)C1c1cc(C)n(-c2ccc(C)cc2)c1C. The summed E-state index contributed by atoms with van der Waals surface area (Å²) in [6.07, 6.45) is 2.07. The van der Waals surface area contributed by atoms with Crippen molar-refractivity contribution in [2.24, 2.45) is 0 Å². The molecule has 2 aromatic carbocycles. The summed E-state index contributed by atoms with van der Waals surface area (Å²) in [7, 11) is 1.59. The van der Waals surface area contributed by atoms with E-state index >= 15 is 0 Å². The van der Waals surface area contributed by atoms with Gasteiger partial charge in [-0.3, -0.25) is 9.78 Å². The van der Waals surface area contributed by atoms with Crippen molar-refractivity contribution in [1.82, 2.24) is 19.8 Å². The van der Waals surface area contributed by atoms with Gasteiger partial charge >= 0.3 is 0 Å². The molecule has 2 atom stereocenters. The van der Waals surface area contributed by atoms with Crippen molar-refractivity contribution in [3.8, 4) is 11.4 Å². The number of nitrogens with zero attached hydrogens (tertiary/aromatic N) is 3. The first-order chi connectivity index (χ1) is 18.9. The van der Waals surface area contributed by atoms with Crippen LogP contribution in [0.2, 0.25) is 0 Å². The van der Waals surface area contributed by atoms with Crippen LogP contribution in [0.25, 0.3) is 5.69 Å². The lowest BCUT2D eigenvalue weighted by Crippen LogP contribution is -2.33. The maximum absolute atomic E-state index is 13.0. The van der Waals surface area contributed by atoms with E-state index in [-0.39, 0.29) is 24.4 Å². The molecular weight excluding hydrogens is 506 g/mol. The maximum atomic E-state index is 13.0. The number of aryl methyl sites for hydroxylation is 2. The highest BCUT2D eigenvalue weighted by molar-refractivity contribution is 7.80. The predicted octanol–water partition coefficient (Wildman–Crippen LogP) is 5.81. The molecule has 1 saturated heterocycles. The number of carbonyl (C=O) groups excluding carboxylic acids is 1. The Kier molecular flexibility index (Phi) is 7.65. The average molecular weight is 540 g/mol. The van der Waals surface area contributed by atoms with E-state index in [1.807, 2.05) is 42.5 Å². The fraction of sp³-hybridized carbons (Fsp3) is 0.258. The van der Waals surface area contributed by atoms with E-state index in [9.17, 15) is 4.79 Å². The molecule has 0 bridgehead atoms. The van der Waals surface area contributed by atoms with Crippen LogP contribution in [0.3, 0.4) is 0 Å². The first-order valence-electron chi connectivity index (χ1n) is 13.0. The zero-order valence-electron chi connectivity index (χ0n) is 22.6. The minimum absolute atomic E-state index is 0.104. The molecule has 8 heteroatoms. The van der Waals surface area contributed by atoms with Crippen LogP contribution in [0, 0.1) is 20.8 Å². The molecule has 200 valence electrons. The topological polar surface area (TPSA) is 71.4 Å². The lowest BCUT2D eigenvalue weighted by Gasteiger charge is -2.28. The normalized spacial score (nSPS) is 16.7. The number of benzene rings is 2. The third-order valence-corrected chi connectivity index (χ3v) is 7.59. The summed E-state index contributed by atoms with van der Waals surface area (Å²) in [6.45, 7) is 6.81. The molecule has 0 radical (unpaired) electrons. The number of thiocarbonyl (C=S) groups is 1. The van der Waals surface area contributed by atoms with Crippen molar-refractivity contribution >= 4 is 28.9 Å². The average Bonchev–Trinajstić information content (AvgIpc) is 3.43. The number of anilines is 1. The highest BCUT2D eigenvalue weighted by Gasteiger charge is 2.41.